The maximum atomic E-state index is 5.52. The topological polar surface area (TPSA) is 0 Å². The van der Waals surface area contributed by atoms with E-state index in [1.807, 2.05) is 0 Å². The van der Waals surface area contributed by atoms with Crippen molar-refractivity contribution < 1.29 is 0 Å². The smallest absolute Gasteiger partial charge is 0.0887 e. The van der Waals surface area contributed by atoms with Gasteiger partial charge in [-0.05, 0) is 29.2 Å². The van der Waals surface area contributed by atoms with Crippen LogP contribution in [0, 0.1) is 0 Å². The fourth-order valence-electron chi connectivity index (χ4n) is 2.67. The highest BCUT2D eigenvalue weighted by Gasteiger charge is 2.04. The van der Waals surface area contributed by atoms with Crippen molar-refractivity contribution in [1.82, 2.24) is 0 Å². The molecular weight excluding hydrogens is 226 g/mol. The van der Waals surface area contributed by atoms with Gasteiger partial charge in [-0.15, -0.1) is 0 Å². The quantitative estimate of drug-likeness (QED) is 0.514. The second-order valence-electron chi connectivity index (χ2n) is 5.10. The average molecular weight is 247 g/mol. The molecule has 2 heteroatoms. The standard InChI is InChI=1S/C17H21B2/c1-19-17-12-11-14(8-4-2-3-7-13-18)15-9-5-6-10-16(15)17/h5-6,9-12H,2-4,7-8,13H2,1H3. The van der Waals surface area contributed by atoms with Gasteiger partial charge >= 0.3 is 0 Å². The molecule has 0 saturated carbocycles. The van der Waals surface area contributed by atoms with Gasteiger partial charge in [-0.2, -0.15) is 0 Å². The predicted molar refractivity (Wildman–Crippen MR) is 87.9 cm³/mol. The highest BCUT2D eigenvalue weighted by molar-refractivity contribution is 6.55. The van der Waals surface area contributed by atoms with E-state index in [2.05, 4.69) is 50.5 Å². The molecule has 0 aliphatic heterocycles. The summed E-state index contributed by atoms with van der Waals surface area (Å²) >= 11 is 0. The molecule has 0 aliphatic carbocycles. The molecule has 19 heavy (non-hydrogen) atoms. The Kier molecular flexibility index (Phi) is 5.57. The molecule has 0 bridgehead atoms. The van der Waals surface area contributed by atoms with Gasteiger partial charge in [-0.25, -0.2) is 0 Å². The van der Waals surface area contributed by atoms with Gasteiger partial charge in [0.1, 0.15) is 7.28 Å². The first kappa shape index (κ1) is 14.2. The molecule has 0 aromatic heterocycles. The molecule has 2 aromatic rings. The van der Waals surface area contributed by atoms with Crippen molar-refractivity contribution in [2.45, 2.75) is 45.2 Å². The van der Waals surface area contributed by atoms with E-state index in [1.54, 1.807) is 0 Å². The third kappa shape index (κ3) is 3.65. The van der Waals surface area contributed by atoms with Crippen LogP contribution in [-0.2, 0) is 6.42 Å². The Morgan fingerprint density at radius 1 is 0.895 bits per heavy atom. The Labute approximate surface area is 119 Å². The van der Waals surface area contributed by atoms with Crippen LogP contribution in [0.4, 0.5) is 0 Å². The molecule has 2 aromatic carbocycles. The predicted octanol–water partition coefficient (Wildman–Crippen LogP) is 3.91. The van der Waals surface area contributed by atoms with Crippen LogP contribution in [0.25, 0.3) is 10.8 Å². The molecule has 3 radical (unpaired) electrons. The third-order valence-corrected chi connectivity index (χ3v) is 3.76. The van der Waals surface area contributed by atoms with Crippen molar-refractivity contribution >= 4 is 31.4 Å². The normalized spacial score (nSPS) is 10.8. The molecule has 0 unspecified atom stereocenters. The van der Waals surface area contributed by atoms with Crippen LogP contribution in [0.5, 0.6) is 0 Å². The molecule has 2 rings (SSSR count). The average Bonchev–Trinajstić information content (AvgIpc) is 2.47. The number of unbranched alkanes of at least 4 members (excludes halogenated alkanes) is 3. The first-order valence-electron chi connectivity index (χ1n) is 7.37. The Bertz CT molecular complexity index is 520. The Balaban J connectivity index is 2.11. The summed E-state index contributed by atoms with van der Waals surface area (Å²) in [5.74, 6) is 0. The molecule has 0 aliphatic rings. The van der Waals surface area contributed by atoms with Gasteiger partial charge in [0.15, 0.2) is 0 Å². The van der Waals surface area contributed by atoms with Gasteiger partial charge in [0.05, 0.1) is 7.85 Å². The minimum Gasteiger partial charge on any atom is -0.0887 e. The van der Waals surface area contributed by atoms with Crippen LogP contribution in [0.1, 0.15) is 31.2 Å². The number of hydrogen-bond donors (Lipinski definition) is 0. The van der Waals surface area contributed by atoms with E-state index in [0.29, 0.717) is 0 Å². The largest absolute Gasteiger partial charge is 0.149 e. The van der Waals surface area contributed by atoms with E-state index in [-0.39, 0.29) is 0 Å². The highest BCUT2D eigenvalue weighted by Crippen LogP contribution is 2.19. The molecule has 0 atom stereocenters. The van der Waals surface area contributed by atoms with E-state index >= 15 is 0 Å². The SMILES string of the molecule is [B]CCCCCCc1ccc([B]C)c2ccccc12. The molecule has 0 heterocycles. The number of rotatable bonds is 7. The number of aryl methyl sites for hydroxylation is 1. The molecule has 95 valence electrons. The first-order chi connectivity index (χ1) is 9.36. The van der Waals surface area contributed by atoms with Crippen molar-refractivity contribution in [3.63, 3.8) is 0 Å². The zero-order valence-electron chi connectivity index (χ0n) is 11.9. The van der Waals surface area contributed by atoms with Crippen molar-refractivity contribution in [1.29, 1.82) is 0 Å². The van der Waals surface area contributed by atoms with Crippen LogP contribution in [0.2, 0.25) is 13.1 Å². The van der Waals surface area contributed by atoms with Gasteiger partial charge < -0.3 is 0 Å². The maximum absolute atomic E-state index is 5.52. The van der Waals surface area contributed by atoms with E-state index in [0.717, 1.165) is 12.7 Å². The summed E-state index contributed by atoms with van der Waals surface area (Å²) in [5, 5.41) is 2.79. The Morgan fingerprint density at radius 3 is 2.37 bits per heavy atom. The third-order valence-electron chi connectivity index (χ3n) is 3.76. The summed E-state index contributed by atoms with van der Waals surface area (Å²) in [7, 11) is 7.71. The lowest BCUT2D eigenvalue weighted by Gasteiger charge is -2.10. The molecule has 0 N–H and O–H groups in total. The molecule has 0 fully saturated rings. The summed E-state index contributed by atoms with van der Waals surface area (Å²) in [5.41, 5.74) is 2.82. The second kappa shape index (κ2) is 7.43. The van der Waals surface area contributed by atoms with Crippen LogP contribution in [-0.4, -0.2) is 15.1 Å². The summed E-state index contributed by atoms with van der Waals surface area (Å²) in [6.07, 6.45) is 6.96. The van der Waals surface area contributed by atoms with Gasteiger partial charge in [-0.1, -0.05) is 74.3 Å². The molecule has 0 saturated heterocycles. The molecule has 0 amide bonds. The molecule has 0 nitrogen and oxygen atoms in total. The minimum absolute atomic E-state index is 0.823. The van der Waals surface area contributed by atoms with E-state index in [1.165, 1.54) is 47.5 Å². The van der Waals surface area contributed by atoms with E-state index < -0.39 is 0 Å². The fourth-order valence-corrected chi connectivity index (χ4v) is 2.67. The molecular formula is C17H21B2. The zero-order chi connectivity index (χ0) is 13.5. The minimum atomic E-state index is 0.823. The number of benzene rings is 2. The van der Waals surface area contributed by atoms with Crippen LogP contribution in [0.15, 0.2) is 36.4 Å². The summed E-state index contributed by atoms with van der Waals surface area (Å²) in [6, 6.07) is 13.3. The Morgan fingerprint density at radius 2 is 1.63 bits per heavy atom. The van der Waals surface area contributed by atoms with Gasteiger partial charge in [-0.3, -0.25) is 0 Å². The summed E-state index contributed by atoms with van der Waals surface area (Å²) < 4.78 is 0. The lowest BCUT2D eigenvalue weighted by atomic mass is 9.70. The van der Waals surface area contributed by atoms with Gasteiger partial charge in [0, 0.05) is 0 Å². The highest BCUT2D eigenvalue weighted by atomic mass is 14.1. The van der Waals surface area contributed by atoms with E-state index in [9.17, 15) is 0 Å². The summed E-state index contributed by atoms with van der Waals surface area (Å²) in [4.78, 5) is 0. The molecule has 0 spiro atoms. The van der Waals surface area contributed by atoms with Crippen LogP contribution < -0.4 is 5.46 Å². The lowest BCUT2D eigenvalue weighted by Crippen LogP contribution is -2.12. The van der Waals surface area contributed by atoms with Crippen molar-refractivity contribution in [3.8, 4) is 0 Å². The number of hydrogen-bond acceptors (Lipinski definition) is 0. The second-order valence-corrected chi connectivity index (χ2v) is 5.10. The first-order valence-corrected chi connectivity index (χ1v) is 7.37. The summed E-state index contributed by atoms with van der Waals surface area (Å²) in [6.45, 7) is 2.11. The monoisotopic (exact) mass is 247 g/mol. The lowest BCUT2D eigenvalue weighted by molar-refractivity contribution is 0.668. The van der Waals surface area contributed by atoms with Crippen molar-refractivity contribution in [2.75, 3.05) is 0 Å². The van der Waals surface area contributed by atoms with Crippen LogP contribution >= 0.6 is 0 Å². The van der Waals surface area contributed by atoms with Crippen LogP contribution in [0.3, 0.4) is 0 Å². The fraction of sp³-hybridized carbons (Fsp3) is 0.412. The van der Waals surface area contributed by atoms with Crippen molar-refractivity contribution in [2.24, 2.45) is 0 Å². The Hall–Kier alpha value is -1.17. The number of fused-ring (bicyclic) bond motifs is 1. The van der Waals surface area contributed by atoms with E-state index in [4.69, 9.17) is 7.85 Å². The van der Waals surface area contributed by atoms with Gasteiger partial charge in [0.25, 0.3) is 0 Å². The maximum Gasteiger partial charge on any atom is 0.149 e. The zero-order valence-corrected chi connectivity index (χ0v) is 11.9. The van der Waals surface area contributed by atoms with Crippen molar-refractivity contribution in [3.05, 3.63) is 42.0 Å². The van der Waals surface area contributed by atoms with Gasteiger partial charge in [0.2, 0.25) is 0 Å².